The standard InChI is InChI=1S/C22H19FN4O2S/c1-2-5-20-26-27-22(30-20)25-21(28)17(13-24)12-15-8-10-18(11-9-15)29-14-16-6-3-4-7-19(16)23/h3-4,6-12H,2,5,14H2,1H3,(H,25,27,28)/b17-12-. The number of nitrogens with zero attached hydrogens (tertiary/aromatic N) is 3. The zero-order chi connectivity index (χ0) is 21.3. The van der Waals surface area contributed by atoms with E-state index in [9.17, 15) is 14.4 Å². The SMILES string of the molecule is CCCc1nnc(NC(=O)/C(C#N)=C\c2ccc(OCc3ccccc3F)cc2)s1. The smallest absolute Gasteiger partial charge is 0.268 e. The third kappa shape index (κ3) is 5.72. The van der Waals surface area contributed by atoms with Gasteiger partial charge in [-0.3, -0.25) is 10.1 Å². The fourth-order valence-corrected chi connectivity index (χ4v) is 3.37. The van der Waals surface area contributed by atoms with Crippen LogP contribution in [-0.4, -0.2) is 16.1 Å². The Labute approximate surface area is 177 Å². The van der Waals surface area contributed by atoms with Gasteiger partial charge in [0, 0.05) is 12.0 Å². The molecule has 8 heteroatoms. The zero-order valence-corrected chi connectivity index (χ0v) is 17.1. The molecule has 3 aromatic rings. The molecule has 1 N–H and O–H groups in total. The van der Waals surface area contributed by atoms with Crippen LogP contribution in [-0.2, 0) is 17.8 Å². The highest BCUT2D eigenvalue weighted by Gasteiger charge is 2.13. The first-order chi connectivity index (χ1) is 14.6. The van der Waals surface area contributed by atoms with E-state index in [0.717, 1.165) is 17.8 Å². The lowest BCUT2D eigenvalue weighted by Gasteiger charge is -2.07. The van der Waals surface area contributed by atoms with E-state index in [-0.39, 0.29) is 18.0 Å². The van der Waals surface area contributed by atoms with E-state index in [1.165, 1.54) is 23.5 Å². The molecule has 0 fully saturated rings. The van der Waals surface area contributed by atoms with Crippen molar-refractivity contribution in [1.29, 1.82) is 5.26 Å². The summed E-state index contributed by atoms with van der Waals surface area (Å²) in [6.07, 6.45) is 3.20. The Bertz CT molecular complexity index is 1090. The van der Waals surface area contributed by atoms with E-state index in [0.29, 0.717) is 22.0 Å². The molecule has 0 aliphatic rings. The third-order valence-electron chi connectivity index (χ3n) is 4.06. The van der Waals surface area contributed by atoms with E-state index >= 15 is 0 Å². The number of ether oxygens (including phenoxy) is 1. The van der Waals surface area contributed by atoms with Gasteiger partial charge in [-0.05, 0) is 36.3 Å². The largest absolute Gasteiger partial charge is 0.489 e. The summed E-state index contributed by atoms with van der Waals surface area (Å²) in [7, 11) is 0. The molecule has 6 nitrogen and oxygen atoms in total. The summed E-state index contributed by atoms with van der Waals surface area (Å²) in [4.78, 5) is 12.4. The zero-order valence-electron chi connectivity index (χ0n) is 16.3. The van der Waals surface area contributed by atoms with E-state index in [2.05, 4.69) is 15.5 Å². The number of carbonyl (C=O) groups is 1. The van der Waals surface area contributed by atoms with Gasteiger partial charge in [-0.1, -0.05) is 48.6 Å². The number of rotatable bonds is 8. The lowest BCUT2D eigenvalue weighted by molar-refractivity contribution is -0.112. The molecule has 1 aromatic heterocycles. The number of nitrogens with one attached hydrogen (secondary N) is 1. The van der Waals surface area contributed by atoms with Crippen LogP contribution < -0.4 is 10.1 Å². The molecule has 0 bridgehead atoms. The summed E-state index contributed by atoms with van der Waals surface area (Å²) in [6, 6.07) is 15.1. The first-order valence-electron chi connectivity index (χ1n) is 9.31. The molecule has 3 rings (SSSR count). The van der Waals surface area contributed by atoms with Gasteiger partial charge in [0.05, 0.1) is 0 Å². The Morgan fingerprint density at radius 3 is 2.70 bits per heavy atom. The molecule has 0 unspecified atom stereocenters. The molecule has 0 saturated carbocycles. The van der Waals surface area contributed by atoms with Crippen LogP contribution in [0.4, 0.5) is 9.52 Å². The summed E-state index contributed by atoms with van der Waals surface area (Å²) in [6.45, 7) is 2.14. The summed E-state index contributed by atoms with van der Waals surface area (Å²) in [5, 5.41) is 21.1. The maximum absolute atomic E-state index is 13.6. The van der Waals surface area contributed by atoms with Crippen LogP contribution >= 0.6 is 11.3 Å². The van der Waals surface area contributed by atoms with Gasteiger partial charge >= 0.3 is 0 Å². The minimum atomic E-state index is -0.545. The Morgan fingerprint density at radius 2 is 2.00 bits per heavy atom. The summed E-state index contributed by atoms with van der Waals surface area (Å²) in [5.41, 5.74) is 1.06. The van der Waals surface area contributed by atoms with E-state index in [1.807, 2.05) is 13.0 Å². The molecule has 30 heavy (non-hydrogen) atoms. The number of nitriles is 1. The molecule has 0 atom stereocenters. The van der Waals surface area contributed by atoms with E-state index < -0.39 is 5.91 Å². The lowest BCUT2D eigenvalue weighted by atomic mass is 10.1. The van der Waals surface area contributed by atoms with Crippen molar-refractivity contribution < 1.29 is 13.9 Å². The quantitative estimate of drug-likeness (QED) is 0.418. The van der Waals surface area contributed by atoms with Crippen molar-refractivity contribution >= 4 is 28.5 Å². The fourth-order valence-electron chi connectivity index (χ4n) is 2.54. The van der Waals surface area contributed by atoms with E-state index in [1.54, 1.807) is 42.5 Å². The number of carbonyl (C=O) groups excluding carboxylic acids is 1. The number of hydrogen-bond donors (Lipinski definition) is 1. The van der Waals surface area contributed by atoms with Gasteiger partial charge in [0.25, 0.3) is 5.91 Å². The minimum Gasteiger partial charge on any atom is -0.489 e. The minimum absolute atomic E-state index is 0.0535. The van der Waals surface area contributed by atoms with Crippen molar-refractivity contribution in [2.45, 2.75) is 26.4 Å². The average Bonchev–Trinajstić information content (AvgIpc) is 3.19. The Kier molecular flexibility index (Phi) is 7.24. The number of aryl methyl sites for hydroxylation is 1. The second-order valence-corrected chi connectivity index (χ2v) is 7.39. The highest BCUT2D eigenvalue weighted by atomic mass is 32.1. The molecule has 1 heterocycles. The predicted octanol–water partition coefficient (Wildman–Crippen LogP) is 4.75. The van der Waals surface area contributed by atoms with Gasteiger partial charge in [-0.2, -0.15) is 5.26 Å². The number of hydrogen-bond acceptors (Lipinski definition) is 6. The second-order valence-electron chi connectivity index (χ2n) is 6.32. The van der Waals surface area contributed by atoms with E-state index in [4.69, 9.17) is 4.74 Å². The molecule has 0 saturated heterocycles. The number of benzene rings is 2. The molecule has 152 valence electrons. The van der Waals surface area contributed by atoms with Crippen molar-refractivity contribution in [2.24, 2.45) is 0 Å². The van der Waals surface area contributed by atoms with Crippen molar-refractivity contribution in [2.75, 3.05) is 5.32 Å². The summed E-state index contributed by atoms with van der Waals surface area (Å²) in [5.74, 6) is -0.314. The molecular weight excluding hydrogens is 403 g/mol. The van der Waals surface area contributed by atoms with Crippen LogP contribution in [0.25, 0.3) is 6.08 Å². The number of aromatic nitrogens is 2. The third-order valence-corrected chi connectivity index (χ3v) is 4.96. The van der Waals surface area contributed by atoms with Crippen LogP contribution in [0.1, 0.15) is 29.5 Å². The molecule has 1 amide bonds. The molecule has 2 aromatic carbocycles. The molecule has 0 aliphatic heterocycles. The van der Waals surface area contributed by atoms with Crippen LogP contribution in [0.5, 0.6) is 5.75 Å². The average molecular weight is 422 g/mol. The number of halogens is 1. The van der Waals surface area contributed by atoms with Crippen LogP contribution in [0.3, 0.4) is 0 Å². The molecule has 0 aliphatic carbocycles. The Hall–Kier alpha value is -3.57. The highest BCUT2D eigenvalue weighted by Crippen LogP contribution is 2.19. The molecule has 0 radical (unpaired) electrons. The Morgan fingerprint density at radius 1 is 1.23 bits per heavy atom. The normalized spacial score (nSPS) is 11.0. The van der Waals surface area contributed by atoms with Gasteiger partial charge in [-0.15, -0.1) is 10.2 Å². The monoisotopic (exact) mass is 422 g/mol. The topological polar surface area (TPSA) is 87.9 Å². The van der Waals surface area contributed by atoms with Crippen molar-refractivity contribution in [3.05, 3.63) is 76.1 Å². The first-order valence-corrected chi connectivity index (χ1v) is 10.1. The lowest BCUT2D eigenvalue weighted by Crippen LogP contribution is -2.13. The Balaban J connectivity index is 1.63. The fraction of sp³-hybridized carbons (Fsp3) is 0.182. The maximum atomic E-state index is 13.6. The van der Waals surface area contributed by atoms with Gasteiger partial charge in [0.2, 0.25) is 5.13 Å². The summed E-state index contributed by atoms with van der Waals surface area (Å²) >= 11 is 1.29. The van der Waals surface area contributed by atoms with Crippen molar-refractivity contribution in [3.8, 4) is 11.8 Å². The second kappa shape index (κ2) is 10.3. The van der Waals surface area contributed by atoms with Gasteiger partial charge < -0.3 is 4.74 Å². The van der Waals surface area contributed by atoms with Crippen molar-refractivity contribution in [1.82, 2.24) is 10.2 Å². The summed E-state index contributed by atoms with van der Waals surface area (Å²) < 4.78 is 19.2. The van der Waals surface area contributed by atoms with Crippen LogP contribution in [0.15, 0.2) is 54.1 Å². The first kappa shape index (κ1) is 21.1. The van der Waals surface area contributed by atoms with Gasteiger partial charge in [0.1, 0.15) is 34.8 Å². The van der Waals surface area contributed by atoms with Gasteiger partial charge in [-0.25, -0.2) is 4.39 Å². The van der Waals surface area contributed by atoms with Crippen LogP contribution in [0, 0.1) is 17.1 Å². The maximum Gasteiger partial charge on any atom is 0.268 e. The predicted molar refractivity (Wildman–Crippen MR) is 113 cm³/mol. The number of anilines is 1. The van der Waals surface area contributed by atoms with Crippen LogP contribution in [0.2, 0.25) is 0 Å². The number of amides is 1. The van der Waals surface area contributed by atoms with Gasteiger partial charge in [0.15, 0.2) is 0 Å². The molecular formula is C22H19FN4O2S. The van der Waals surface area contributed by atoms with Crippen molar-refractivity contribution in [3.63, 3.8) is 0 Å². The highest BCUT2D eigenvalue weighted by molar-refractivity contribution is 7.15. The molecule has 0 spiro atoms.